The van der Waals surface area contributed by atoms with Gasteiger partial charge in [-0.2, -0.15) is 10.1 Å². The van der Waals surface area contributed by atoms with Crippen molar-refractivity contribution in [1.82, 2.24) is 14.8 Å². The summed E-state index contributed by atoms with van der Waals surface area (Å²) in [5.41, 5.74) is 2.03. The molecule has 0 radical (unpaired) electrons. The molecular formula is C18H15ClN4O2. The first-order valence-corrected chi connectivity index (χ1v) is 7.97. The van der Waals surface area contributed by atoms with E-state index >= 15 is 0 Å². The third-order valence-electron chi connectivity index (χ3n) is 3.66. The predicted octanol–water partition coefficient (Wildman–Crippen LogP) is 2.91. The zero-order valence-corrected chi connectivity index (χ0v) is 14.2. The predicted molar refractivity (Wildman–Crippen MR) is 96.5 cm³/mol. The van der Waals surface area contributed by atoms with Crippen LogP contribution in [-0.4, -0.2) is 20.7 Å². The van der Waals surface area contributed by atoms with Crippen molar-refractivity contribution in [2.24, 2.45) is 0 Å². The summed E-state index contributed by atoms with van der Waals surface area (Å²) in [6.45, 7) is 1.57. The first-order valence-electron chi connectivity index (χ1n) is 7.59. The summed E-state index contributed by atoms with van der Waals surface area (Å²) in [6.07, 6.45) is 1.47. The molecule has 1 N–H and O–H groups in total. The van der Waals surface area contributed by atoms with Gasteiger partial charge in [0.2, 0.25) is 5.91 Å². The zero-order chi connectivity index (χ0) is 17.8. The van der Waals surface area contributed by atoms with Crippen LogP contribution in [0.5, 0.6) is 0 Å². The molecule has 0 fully saturated rings. The third kappa shape index (κ3) is 3.92. The highest BCUT2D eigenvalue weighted by molar-refractivity contribution is 6.31. The summed E-state index contributed by atoms with van der Waals surface area (Å²) in [6, 6.07) is 14.5. The minimum absolute atomic E-state index is 0.229. The van der Waals surface area contributed by atoms with Crippen LogP contribution in [-0.2, 0) is 11.3 Å². The number of hydrogen-bond acceptors (Lipinski definition) is 4. The van der Waals surface area contributed by atoms with E-state index < -0.39 is 5.69 Å². The maximum absolute atomic E-state index is 12.2. The van der Waals surface area contributed by atoms with Gasteiger partial charge in [0.25, 0.3) is 0 Å². The van der Waals surface area contributed by atoms with Crippen LogP contribution in [0.15, 0.2) is 59.5 Å². The highest BCUT2D eigenvalue weighted by atomic mass is 35.5. The smallest absolute Gasteiger partial charge is 0.324 e. The zero-order valence-electron chi connectivity index (χ0n) is 13.4. The number of benzene rings is 2. The van der Waals surface area contributed by atoms with E-state index in [0.29, 0.717) is 16.4 Å². The van der Waals surface area contributed by atoms with Crippen molar-refractivity contribution in [3.8, 4) is 11.3 Å². The van der Waals surface area contributed by atoms with Crippen LogP contribution in [0, 0.1) is 6.92 Å². The molecule has 2 aromatic carbocycles. The number of carbonyl (C=O) groups excluding carboxylic acids is 1. The van der Waals surface area contributed by atoms with Gasteiger partial charge in [0.05, 0.1) is 11.9 Å². The van der Waals surface area contributed by atoms with Gasteiger partial charge in [0, 0.05) is 16.3 Å². The van der Waals surface area contributed by atoms with Crippen molar-refractivity contribution in [3.05, 3.63) is 75.8 Å². The molecule has 0 spiro atoms. The third-order valence-corrected chi connectivity index (χ3v) is 4.07. The Kier molecular flexibility index (Phi) is 4.90. The molecule has 1 aromatic heterocycles. The van der Waals surface area contributed by atoms with Gasteiger partial charge in [-0.15, -0.1) is 0 Å². The Hall–Kier alpha value is -2.99. The average molecular weight is 355 g/mol. The van der Waals surface area contributed by atoms with Gasteiger partial charge in [-0.25, -0.2) is 9.48 Å². The van der Waals surface area contributed by atoms with Crippen molar-refractivity contribution in [1.29, 1.82) is 0 Å². The molecule has 6 nitrogen and oxygen atoms in total. The number of anilines is 1. The molecule has 0 saturated heterocycles. The fraction of sp³-hybridized carbons (Fsp3) is 0.111. The maximum Gasteiger partial charge on any atom is 0.365 e. The monoisotopic (exact) mass is 354 g/mol. The largest absolute Gasteiger partial charge is 0.365 e. The Morgan fingerprint density at radius 3 is 2.64 bits per heavy atom. The molecule has 7 heteroatoms. The van der Waals surface area contributed by atoms with Crippen molar-refractivity contribution in [2.45, 2.75) is 13.5 Å². The second-order valence-corrected chi connectivity index (χ2v) is 5.82. The van der Waals surface area contributed by atoms with Crippen LogP contribution >= 0.6 is 11.6 Å². The lowest BCUT2D eigenvalue weighted by Crippen LogP contribution is -2.31. The summed E-state index contributed by atoms with van der Waals surface area (Å²) in [5, 5.41) is 7.31. The average Bonchev–Trinajstić information content (AvgIpc) is 2.61. The van der Waals surface area contributed by atoms with E-state index in [-0.39, 0.29) is 12.5 Å². The number of aromatic nitrogens is 3. The van der Waals surface area contributed by atoms with Crippen molar-refractivity contribution >= 4 is 23.2 Å². The summed E-state index contributed by atoms with van der Waals surface area (Å²) >= 11 is 6.03. The fourth-order valence-corrected chi connectivity index (χ4v) is 2.46. The quantitative estimate of drug-likeness (QED) is 0.781. The van der Waals surface area contributed by atoms with E-state index in [0.717, 1.165) is 15.8 Å². The molecule has 25 heavy (non-hydrogen) atoms. The Morgan fingerprint density at radius 1 is 1.16 bits per heavy atom. The van der Waals surface area contributed by atoms with E-state index in [1.165, 1.54) is 6.20 Å². The number of amides is 1. The molecule has 0 unspecified atom stereocenters. The molecule has 0 aliphatic carbocycles. The van der Waals surface area contributed by atoms with Gasteiger partial charge < -0.3 is 5.32 Å². The van der Waals surface area contributed by atoms with Crippen molar-refractivity contribution in [3.63, 3.8) is 0 Å². The second kappa shape index (κ2) is 7.27. The van der Waals surface area contributed by atoms with Crippen LogP contribution in [0.1, 0.15) is 5.56 Å². The van der Waals surface area contributed by atoms with Crippen molar-refractivity contribution in [2.75, 3.05) is 5.32 Å². The molecule has 0 saturated carbocycles. The second-order valence-electron chi connectivity index (χ2n) is 5.41. The number of halogens is 1. The molecule has 3 rings (SSSR count). The molecule has 1 heterocycles. The Morgan fingerprint density at radius 2 is 1.92 bits per heavy atom. The van der Waals surface area contributed by atoms with Gasteiger partial charge in [-0.1, -0.05) is 48.0 Å². The first kappa shape index (κ1) is 16.9. The molecule has 126 valence electrons. The van der Waals surface area contributed by atoms with Gasteiger partial charge in [0.15, 0.2) is 0 Å². The first-order chi connectivity index (χ1) is 12.0. The molecule has 0 bridgehead atoms. The Bertz CT molecular complexity index is 970. The highest BCUT2D eigenvalue weighted by Gasteiger charge is 2.10. The number of nitrogens with one attached hydrogen (secondary N) is 1. The van der Waals surface area contributed by atoms with Crippen LogP contribution in [0.25, 0.3) is 11.3 Å². The van der Waals surface area contributed by atoms with Gasteiger partial charge >= 0.3 is 5.69 Å². The lowest BCUT2D eigenvalue weighted by atomic mass is 10.2. The standard InChI is InChI=1S/C18H15ClN4O2/c1-12-14(19)8-5-9-15(12)21-17(24)11-23-18(25)22-16(10-20-23)13-6-3-2-4-7-13/h2-10H,11H2,1H3,(H,21,24). The highest BCUT2D eigenvalue weighted by Crippen LogP contribution is 2.22. The summed E-state index contributed by atoms with van der Waals surface area (Å²) in [5.74, 6) is -0.380. The van der Waals surface area contributed by atoms with E-state index in [9.17, 15) is 9.59 Å². The maximum atomic E-state index is 12.2. The molecule has 0 aliphatic heterocycles. The van der Waals surface area contributed by atoms with Crippen LogP contribution in [0.2, 0.25) is 5.02 Å². The molecular weight excluding hydrogens is 340 g/mol. The lowest BCUT2D eigenvalue weighted by Gasteiger charge is -2.10. The van der Waals surface area contributed by atoms with E-state index in [1.807, 2.05) is 30.3 Å². The summed E-state index contributed by atoms with van der Waals surface area (Å²) in [7, 11) is 0. The van der Waals surface area contributed by atoms with Gasteiger partial charge in [0.1, 0.15) is 6.54 Å². The van der Waals surface area contributed by atoms with Crippen LogP contribution in [0.3, 0.4) is 0 Å². The summed E-state index contributed by atoms with van der Waals surface area (Å²) in [4.78, 5) is 28.3. The van der Waals surface area contributed by atoms with E-state index in [4.69, 9.17) is 11.6 Å². The van der Waals surface area contributed by atoms with E-state index in [2.05, 4.69) is 15.4 Å². The molecule has 3 aromatic rings. The SMILES string of the molecule is Cc1c(Cl)cccc1NC(=O)Cn1ncc(-c2ccccc2)nc1=O. The van der Waals surface area contributed by atoms with Crippen LogP contribution in [0.4, 0.5) is 5.69 Å². The minimum atomic E-state index is -0.584. The number of nitrogens with zero attached hydrogens (tertiary/aromatic N) is 3. The minimum Gasteiger partial charge on any atom is -0.324 e. The van der Waals surface area contributed by atoms with Crippen molar-refractivity contribution < 1.29 is 4.79 Å². The molecule has 0 atom stereocenters. The normalized spacial score (nSPS) is 10.5. The number of rotatable bonds is 4. The Labute approximate surface area is 149 Å². The summed E-state index contributed by atoms with van der Waals surface area (Å²) < 4.78 is 1.02. The van der Waals surface area contributed by atoms with Gasteiger partial charge in [-0.05, 0) is 24.6 Å². The number of hydrogen-bond donors (Lipinski definition) is 1. The Balaban J connectivity index is 1.76. The number of carbonyl (C=O) groups is 1. The lowest BCUT2D eigenvalue weighted by molar-refractivity contribution is -0.117. The fourth-order valence-electron chi connectivity index (χ4n) is 2.29. The van der Waals surface area contributed by atoms with E-state index in [1.54, 1.807) is 25.1 Å². The topological polar surface area (TPSA) is 76.9 Å². The van der Waals surface area contributed by atoms with Crippen LogP contribution < -0.4 is 11.0 Å². The molecule has 0 aliphatic rings. The van der Waals surface area contributed by atoms with Gasteiger partial charge in [-0.3, -0.25) is 4.79 Å². The molecule has 1 amide bonds.